The van der Waals surface area contributed by atoms with Crippen LogP contribution in [-0.4, -0.2) is 31.2 Å². The Labute approximate surface area is 191 Å². The van der Waals surface area contributed by atoms with Crippen LogP contribution in [0.15, 0.2) is 48.8 Å². The average molecular weight is 472 g/mol. The van der Waals surface area contributed by atoms with Crippen LogP contribution >= 0.6 is 0 Å². The van der Waals surface area contributed by atoms with E-state index in [9.17, 15) is 22.7 Å². The summed E-state index contributed by atoms with van der Waals surface area (Å²) < 4.78 is 62.1. The van der Waals surface area contributed by atoms with Crippen molar-refractivity contribution >= 4 is 11.0 Å². The molecule has 2 aromatic carbocycles. The highest BCUT2D eigenvalue weighted by atomic mass is 19.3. The maximum Gasteiger partial charge on any atom is 0.387 e. The molecule has 34 heavy (non-hydrogen) atoms. The van der Waals surface area contributed by atoms with E-state index >= 15 is 0 Å². The van der Waals surface area contributed by atoms with Gasteiger partial charge in [-0.2, -0.15) is 8.78 Å². The van der Waals surface area contributed by atoms with Crippen LogP contribution in [0.2, 0.25) is 0 Å². The van der Waals surface area contributed by atoms with E-state index in [0.717, 1.165) is 0 Å². The van der Waals surface area contributed by atoms with Crippen molar-refractivity contribution in [1.29, 1.82) is 0 Å². The Kier molecular flexibility index (Phi) is 5.27. The number of para-hydroxylation sites is 1. The fraction of sp³-hybridized carbons (Fsp3) is 0.292. The molecule has 2 atom stereocenters. The fourth-order valence-corrected chi connectivity index (χ4v) is 4.32. The molecule has 0 saturated heterocycles. The number of alkyl halides is 3. The van der Waals surface area contributed by atoms with Crippen molar-refractivity contribution in [3.8, 4) is 16.9 Å². The Morgan fingerprint density at radius 1 is 1.15 bits per heavy atom. The Bertz CT molecular complexity index is 1370. The Morgan fingerprint density at radius 3 is 2.53 bits per heavy atom. The van der Waals surface area contributed by atoms with E-state index < -0.39 is 30.2 Å². The van der Waals surface area contributed by atoms with Gasteiger partial charge < -0.3 is 14.4 Å². The molecule has 3 heterocycles. The van der Waals surface area contributed by atoms with Gasteiger partial charge in [0.05, 0.1) is 17.1 Å². The van der Waals surface area contributed by atoms with Crippen LogP contribution in [-0.2, 0) is 5.60 Å². The summed E-state index contributed by atoms with van der Waals surface area (Å²) in [5.74, 6) is -0.379. The molecule has 0 radical (unpaired) electrons. The Balaban J connectivity index is 1.64. The van der Waals surface area contributed by atoms with Crippen molar-refractivity contribution in [3.05, 3.63) is 71.8 Å². The molecule has 6 nitrogen and oxygen atoms in total. The van der Waals surface area contributed by atoms with Crippen LogP contribution < -0.4 is 4.74 Å². The number of halogens is 4. The highest BCUT2D eigenvalue weighted by molar-refractivity contribution is 5.83. The second kappa shape index (κ2) is 8.05. The van der Waals surface area contributed by atoms with Crippen LogP contribution in [0.25, 0.3) is 22.2 Å². The van der Waals surface area contributed by atoms with Gasteiger partial charge in [-0.05, 0) is 26.0 Å². The van der Waals surface area contributed by atoms with Crippen molar-refractivity contribution in [2.75, 3.05) is 0 Å². The first kappa shape index (κ1) is 22.3. The number of fused-ring (bicyclic) bond motifs is 3. The minimum Gasteiger partial charge on any atom is -0.434 e. The van der Waals surface area contributed by atoms with Gasteiger partial charge in [-0.1, -0.05) is 18.2 Å². The number of rotatable bonds is 5. The Hall–Kier alpha value is -3.53. The molecule has 4 aromatic rings. The van der Waals surface area contributed by atoms with Gasteiger partial charge in [-0.15, -0.1) is 0 Å². The van der Waals surface area contributed by atoms with E-state index in [0.29, 0.717) is 16.6 Å². The van der Waals surface area contributed by atoms with E-state index in [1.54, 1.807) is 22.8 Å². The first-order valence-electron chi connectivity index (χ1n) is 10.6. The normalized spacial score (nSPS) is 18.0. The van der Waals surface area contributed by atoms with Crippen LogP contribution in [0.4, 0.5) is 17.6 Å². The lowest BCUT2D eigenvalue weighted by Gasteiger charge is -2.19. The maximum atomic E-state index is 15.0. The van der Waals surface area contributed by atoms with E-state index in [1.165, 1.54) is 44.4 Å². The number of benzene rings is 2. The lowest BCUT2D eigenvalue weighted by atomic mass is 10.0. The molecule has 0 spiro atoms. The van der Waals surface area contributed by atoms with Crippen LogP contribution in [0.5, 0.6) is 5.75 Å². The number of imidazole rings is 1. The molecule has 0 saturated carbocycles. The van der Waals surface area contributed by atoms with Crippen LogP contribution in [0.3, 0.4) is 0 Å². The molecule has 176 valence electrons. The number of hydrogen-bond donors (Lipinski definition) is 1. The van der Waals surface area contributed by atoms with Gasteiger partial charge in [0, 0.05) is 41.6 Å². The zero-order valence-electron chi connectivity index (χ0n) is 18.2. The second-order valence-corrected chi connectivity index (χ2v) is 8.65. The first-order valence-corrected chi connectivity index (χ1v) is 10.6. The second-order valence-electron chi connectivity index (χ2n) is 8.65. The molecular weight excluding hydrogens is 452 g/mol. The van der Waals surface area contributed by atoms with Crippen molar-refractivity contribution < 1.29 is 27.4 Å². The summed E-state index contributed by atoms with van der Waals surface area (Å²) in [4.78, 5) is 12.5. The molecule has 1 N–H and O–H groups in total. The molecule has 0 aliphatic carbocycles. The molecule has 0 bridgehead atoms. The minimum atomic E-state index is -3.03. The lowest BCUT2D eigenvalue weighted by Crippen LogP contribution is -2.19. The summed E-state index contributed by atoms with van der Waals surface area (Å²) in [5, 5.41) is 10.1. The third kappa shape index (κ3) is 3.77. The Morgan fingerprint density at radius 2 is 1.85 bits per heavy atom. The van der Waals surface area contributed by atoms with Gasteiger partial charge in [0.1, 0.15) is 23.0 Å². The summed E-state index contributed by atoms with van der Waals surface area (Å²) >= 11 is 0. The number of hydrogen-bond acceptors (Lipinski definition) is 5. The predicted molar refractivity (Wildman–Crippen MR) is 116 cm³/mol. The zero-order valence-corrected chi connectivity index (χ0v) is 18.2. The molecule has 0 fully saturated rings. The predicted octanol–water partition coefficient (Wildman–Crippen LogP) is 5.46. The minimum absolute atomic E-state index is 0.0159. The summed E-state index contributed by atoms with van der Waals surface area (Å²) in [5.41, 5.74) is 0.322. The standard InChI is InChI=1S/C24H20F4N4O2/c1-24(2,33)22-29-10-12(11-30-22)14-7-19-17(8-15(14)25)31-21-16(26)9-18(32(19)21)13-5-3-4-6-20(13)34-23(27)28/h3-8,10-11,16,18,23,33H,9H2,1-2H3/t16?,18-/m1/s1. The topological polar surface area (TPSA) is 73.1 Å². The molecule has 0 amide bonds. The van der Waals surface area contributed by atoms with Gasteiger partial charge in [-0.3, -0.25) is 0 Å². The first-order chi connectivity index (χ1) is 16.1. The number of aliphatic hydroxyl groups is 1. The van der Waals surface area contributed by atoms with Gasteiger partial charge in [0.25, 0.3) is 0 Å². The molecular formula is C24H20F4N4O2. The summed E-state index contributed by atoms with van der Waals surface area (Å²) in [6, 6.07) is 8.27. The van der Waals surface area contributed by atoms with Crippen LogP contribution in [0, 0.1) is 5.82 Å². The molecule has 1 unspecified atom stereocenters. The van der Waals surface area contributed by atoms with Crippen molar-refractivity contribution in [3.63, 3.8) is 0 Å². The third-order valence-electron chi connectivity index (χ3n) is 5.83. The number of aromatic nitrogens is 4. The van der Waals surface area contributed by atoms with E-state index in [1.807, 2.05) is 0 Å². The largest absolute Gasteiger partial charge is 0.434 e. The molecule has 10 heteroatoms. The van der Waals surface area contributed by atoms with Gasteiger partial charge in [0.15, 0.2) is 12.0 Å². The highest BCUT2D eigenvalue weighted by Crippen LogP contribution is 2.46. The number of ether oxygens (including phenoxy) is 1. The van der Waals surface area contributed by atoms with Crippen molar-refractivity contribution in [2.45, 2.75) is 44.7 Å². The summed E-state index contributed by atoms with van der Waals surface area (Å²) in [7, 11) is 0. The van der Waals surface area contributed by atoms with Crippen molar-refractivity contribution in [1.82, 2.24) is 19.5 Å². The van der Waals surface area contributed by atoms with Gasteiger partial charge >= 0.3 is 6.61 Å². The highest BCUT2D eigenvalue weighted by Gasteiger charge is 2.37. The number of nitrogens with zero attached hydrogens (tertiary/aromatic N) is 4. The smallest absolute Gasteiger partial charge is 0.387 e. The van der Waals surface area contributed by atoms with E-state index in [-0.39, 0.29) is 34.9 Å². The SMILES string of the molecule is CC(C)(O)c1ncc(-c2cc3c(cc2F)nc2n3[C@@H](c3ccccc3OC(F)F)CC2F)cn1. The fourth-order valence-electron chi connectivity index (χ4n) is 4.32. The molecule has 2 aromatic heterocycles. The average Bonchev–Trinajstić information content (AvgIpc) is 3.29. The summed E-state index contributed by atoms with van der Waals surface area (Å²) in [6.07, 6.45) is 1.32. The zero-order chi connectivity index (χ0) is 24.2. The third-order valence-corrected chi connectivity index (χ3v) is 5.83. The molecule has 1 aliphatic rings. The molecule has 1 aliphatic heterocycles. The van der Waals surface area contributed by atoms with Crippen LogP contribution in [0.1, 0.15) is 49.7 Å². The monoisotopic (exact) mass is 472 g/mol. The quantitative estimate of drug-likeness (QED) is 0.390. The lowest BCUT2D eigenvalue weighted by molar-refractivity contribution is -0.0507. The van der Waals surface area contributed by atoms with E-state index in [2.05, 4.69) is 19.7 Å². The van der Waals surface area contributed by atoms with Gasteiger partial charge in [0.2, 0.25) is 0 Å². The molecule has 5 rings (SSSR count). The van der Waals surface area contributed by atoms with E-state index in [4.69, 9.17) is 0 Å². The summed E-state index contributed by atoms with van der Waals surface area (Å²) in [6.45, 7) is 0.0380. The van der Waals surface area contributed by atoms with Gasteiger partial charge in [-0.25, -0.2) is 23.7 Å². The maximum absolute atomic E-state index is 15.0. The van der Waals surface area contributed by atoms with Crippen molar-refractivity contribution in [2.24, 2.45) is 0 Å².